The Hall–Kier alpha value is -0.770. The molecule has 0 amide bonds. The zero-order valence-electron chi connectivity index (χ0n) is 12.9. The van der Waals surface area contributed by atoms with Crippen molar-refractivity contribution in [2.75, 3.05) is 32.7 Å². The molecule has 0 bridgehead atoms. The third-order valence-electron chi connectivity index (χ3n) is 4.99. The molecule has 0 aromatic heterocycles. The molecule has 0 aromatic rings. The Morgan fingerprint density at radius 1 is 1.42 bits per heavy atom. The van der Waals surface area contributed by atoms with Gasteiger partial charge in [0.15, 0.2) is 5.96 Å². The Bertz CT molecular complexity index is 324. The van der Waals surface area contributed by atoms with Crippen LogP contribution >= 0.6 is 0 Å². The van der Waals surface area contributed by atoms with Crippen LogP contribution in [0.5, 0.6) is 0 Å². The first kappa shape index (κ1) is 14.6. The molecule has 1 aliphatic carbocycles. The fourth-order valence-electron chi connectivity index (χ4n) is 3.80. The van der Waals surface area contributed by atoms with E-state index in [0.717, 1.165) is 44.6 Å². The van der Waals surface area contributed by atoms with Crippen LogP contribution in [0.3, 0.4) is 0 Å². The Kier molecular flexibility index (Phi) is 4.71. The van der Waals surface area contributed by atoms with E-state index in [1.807, 2.05) is 0 Å². The molecule has 0 saturated heterocycles. The number of nitrogens with zero attached hydrogens (tertiary/aromatic N) is 3. The highest BCUT2D eigenvalue weighted by Gasteiger charge is 2.44. The molecule has 1 aliphatic heterocycles. The Morgan fingerprint density at radius 2 is 2.16 bits per heavy atom. The maximum atomic E-state index is 6.16. The molecule has 0 radical (unpaired) electrons. The van der Waals surface area contributed by atoms with Crippen molar-refractivity contribution < 1.29 is 0 Å². The minimum atomic E-state index is 0.245. The van der Waals surface area contributed by atoms with E-state index in [-0.39, 0.29) is 5.54 Å². The zero-order valence-corrected chi connectivity index (χ0v) is 12.9. The van der Waals surface area contributed by atoms with Gasteiger partial charge in [0.1, 0.15) is 0 Å². The smallest absolute Gasteiger partial charge is 0.191 e. The van der Waals surface area contributed by atoms with Crippen molar-refractivity contribution in [3.05, 3.63) is 0 Å². The molecular formula is C15H30N4. The summed E-state index contributed by atoms with van der Waals surface area (Å²) in [6, 6.07) is 0. The lowest BCUT2D eigenvalue weighted by atomic mass is 9.76. The fraction of sp³-hybridized carbons (Fsp3) is 0.933. The summed E-state index contributed by atoms with van der Waals surface area (Å²) in [7, 11) is 0. The second-order valence-corrected chi connectivity index (χ2v) is 6.28. The average Bonchev–Trinajstić information content (AvgIpc) is 2.68. The molecule has 1 heterocycles. The SMILES string of the molecule is CCN(CC)CCN1C(N)=NCC12CCCC(C)C2. The van der Waals surface area contributed by atoms with E-state index in [1.165, 1.54) is 25.7 Å². The van der Waals surface area contributed by atoms with E-state index < -0.39 is 0 Å². The third-order valence-corrected chi connectivity index (χ3v) is 4.99. The van der Waals surface area contributed by atoms with E-state index in [2.05, 4.69) is 35.6 Å². The number of nitrogens with two attached hydrogens (primary N) is 1. The molecule has 1 saturated carbocycles. The summed E-state index contributed by atoms with van der Waals surface area (Å²) in [6.07, 6.45) is 5.21. The monoisotopic (exact) mass is 266 g/mol. The Morgan fingerprint density at radius 3 is 2.79 bits per heavy atom. The summed E-state index contributed by atoms with van der Waals surface area (Å²) in [6.45, 7) is 12.1. The second kappa shape index (κ2) is 6.12. The molecule has 1 fully saturated rings. The highest BCUT2D eigenvalue weighted by Crippen LogP contribution is 2.39. The highest BCUT2D eigenvalue weighted by molar-refractivity contribution is 5.81. The lowest BCUT2D eigenvalue weighted by molar-refractivity contribution is 0.103. The van der Waals surface area contributed by atoms with Gasteiger partial charge in [-0.2, -0.15) is 0 Å². The van der Waals surface area contributed by atoms with Gasteiger partial charge in [-0.15, -0.1) is 0 Å². The zero-order chi connectivity index (χ0) is 13.9. The number of rotatable bonds is 5. The molecule has 19 heavy (non-hydrogen) atoms. The predicted molar refractivity (Wildman–Crippen MR) is 81.3 cm³/mol. The maximum absolute atomic E-state index is 6.16. The van der Waals surface area contributed by atoms with Crippen LogP contribution in [0.4, 0.5) is 0 Å². The summed E-state index contributed by atoms with van der Waals surface area (Å²) in [5.74, 6) is 1.59. The summed E-state index contributed by atoms with van der Waals surface area (Å²) >= 11 is 0. The van der Waals surface area contributed by atoms with Gasteiger partial charge >= 0.3 is 0 Å². The quantitative estimate of drug-likeness (QED) is 0.827. The second-order valence-electron chi connectivity index (χ2n) is 6.28. The molecule has 1 spiro atoms. The third kappa shape index (κ3) is 3.04. The van der Waals surface area contributed by atoms with Crippen molar-refractivity contribution in [1.82, 2.24) is 9.80 Å². The van der Waals surface area contributed by atoms with Crippen LogP contribution in [-0.4, -0.2) is 54.0 Å². The maximum Gasteiger partial charge on any atom is 0.191 e. The van der Waals surface area contributed by atoms with E-state index in [1.54, 1.807) is 0 Å². The molecule has 2 aliphatic rings. The first-order valence-electron chi connectivity index (χ1n) is 7.91. The van der Waals surface area contributed by atoms with Crippen LogP contribution < -0.4 is 5.73 Å². The van der Waals surface area contributed by atoms with Gasteiger partial charge in [-0.3, -0.25) is 4.99 Å². The molecular weight excluding hydrogens is 236 g/mol. The van der Waals surface area contributed by atoms with Crippen LogP contribution in [-0.2, 0) is 0 Å². The van der Waals surface area contributed by atoms with E-state index in [4.69, 9.17) is 5.73 Å². The molecule has 2 N–H and O–H groups in total. The molecule has 2 unspecified atom stereocenters. The van der Waals surface area contributed by atoms with Gasteiger partial charge in [0.05, 0.1) is 12.1 Å². The molecule has 110 valence electrons. The highest BCUT2D eigenvalue weighted by atomic mass is 15.4. The fourth-order valence-corrected chi connectivity index (χ4v) is 3.80. The van der Waals surface area contributed by atoms with Crippen LogP contribution in [0.15, 0.2) is 4.99 Å². The average molecular weight is 266 g/mol. The van der Waals surface area contributed by atoms with Crippen LogP contribution in [0.1, 0.15) is 46.5 Å². The van der Waals surface area contributed by atoms with Crippen molar-refractivity contribution in [2.45, 2.75) is 52.0 Å². The summed E-state index contributed by atoms with van der Waals surface area (Å²) in [5, 5.41) is 0. The standard InChI is InChI=1S/C15H30N4/c1-4-18(5-2)9-10-19-14(16)17-12-15(19)8-6-7-13(3)11-15/h13H,4-12H2,1-3H3,(H2,16,17). The number of aliphatic imine (C=N–C) groups is 1. The number of hydrogen-bond donors (Lipinski definition) is 1. The summed E-state index contributed by atoms with van der Waals surface area (Å²) in [4.78, 5) is 9.44. The largest absolute Gasteiger partial charge is 0.370 e. The number of likely N-dealkylation sites (N-methyl/N-ethyl adjacent to an activating group) is 1. The van der Waals surface area contributed by atoms with Gasteiger partial charge in [0, 0.05) is 13.1 Å². The van der Waals surface area contributed by atoms with Crippen LogP contribution in [0.2, 0.25) is 0 Å². The lowest BCUT2D eigenvalue weighted by Gasteiger charge is -2.44. The van der Waals surface area contributed by atoms with Crippen LogP contribution in [0, 0.1) is 5.92 Å². The minimum Gasteiger partial charge on any atom is -0.370 e. The van der Waals surface area contributed by atoms with E-state index >= 15 is 0 Å². The van der Waals surface area contributed by atoms with Gasteiger partial charge in [0.2, 0.25) is 0 Å². The molecule has 2 rings (SSSR count). The van der Waals surface area contributed by atoms with Crippen molar-refractivity contribution in [2.24, 2.45) is 16.6 Å². The van der Waals surface area contributed by atoms with Gasteiger partial charge in [-0.05, 0) is 31.8 Å². The normalized spacial score (nSPS) is 31.3. The van der Waals surface area contributed by atoms with E-state index in [9.17, 15) is 0 Å². The van der Waals surface area contributed by atoms with Crippen molar-refractivity contribution in [3.8, 4) is 0 Å². The first-order valence-corrected chi connectivity index (χ1v) is 7.91. The van der Waals surface area contributed by atoms with Crippen molar-refractivity contribution in [1.29, 1.82) is 0 Å². The van der Waals surface area contributed by atoms with Gasteiger partial charge < -0.3 is 15.5 Å². The van der Waals surface area contributed by atoms with Gasteiger partial charge in [0.25, 0.3) is 0 Å². The molecule has 2 atom stereocenters. The van der Waals surface area contributed by atoms with Crippen molar-refractivity contribution in [3.63, 3.8) is 0 Å². The van der Waals surface area contributed by atoms with E-state index in [0.29, 0.717) is 0 Å². The number of guanidine groups is 1. The number of hydrogen-bond acceptors (Lipinski definition) is 4. The minimum absolute atomic E-state index is 0.245. The first-order chi connectivity index (χ1) is 9.11. The molecule has 4 heteroatoms. The molecule has 4 nitrogen and oxygen atoms in total. The van der Waals surface area contributed by atoms with Gasteiger partial charge in [-0.25, -0.2) is 0 Å². The van der Waals surface area contributed by atoms with Gasteiger partial charge in [-0.1, -0.05) is 33.6 Å². The Balaban J connectivity index is 2.00. The molecule has 0 aromatic carbocycles. The summed E-state index contributed by atoms with van der Waals surface area (Å²) in [5.41, 5.74) is 6.40. The topological polar surface area (TPSA) is 44.9 Å². The predicted octanol–water partition coefficient (Wildman–Crippen LogP) is 1.91. The van der Waals surface area contributed by atoms with Crippen molar-refractivity contribution >= 4 is 5.96 Å². The lowest BCUT2D eigenvalue weighted by Crippen LogP contribution is -2.55. The van der Waals surface area contributed by atoms with Crippen LogP contribution in [0.25, 0.3) is 0 Å². The Labute approximate surface area is 118 Å². The summed E-state index contributed by atoms with van der Waals surface area (Å²) < 4.78 is 0.